The van der Waals surface area contributed by atoms with Crippen LogP contribution in [0.15, 0.2) is 61.3 Å². The molecule has 0 saturated heterocycles. The van der Waals surface area contributed by atoms with Crippen LogP contribution in [0.5, 0.6) is 5.75 Å². The van der Waals surface area contributed by atoms with Crippen LogP contribution in [0.25, 0.3) is 17.3 Å². The minimum atomic E-state index is -0.209. The van der Waals surface area contributed by atoms with Gasteiger partial charge in [-0.3, -0.25) is 4.98 Å². The Morgan fingerprint density at radius 2 is 2.00 bits per heavy atom. The number of allylic oxidation sites excluding steroid dienone is 1. The van der Waals surface area contributed by atoms with E-state index >= 15 is 0 Å². The van der Waals surface area contributed by atoms with Crippen LogP contribution in [0.4, 0.5) is 0 Å². The Labute approximate surface area is 144 Å². The minimum absolute atomic E-state index is 0.209. The molecule has 3 nitrogen and oxygen atoms in total. The van der Waals surface area contributed by atoms with Gasteiger partial charge >= 0.3 is 0 Å². The molecule has 0 radical (unpaired) electrons. The van der Waals surface area contributed by atoms with Gasteiger partial charge in [0.2, 0.25) is 0 Å². The highest BCUT2D eigenvalue weighted by molar-refractivity contribution is 5.62. The zero-order chi connectivity index (χ0) is 17.2. The molecule has 2 aromatic rings. The number of aromatic nitrogens is 1. The highest BCUT2D eigenvalue weighted by Gasteiger charge is 2.00. The fraction of sp³-hybridized carbons (Fsp3) is 0.286. The molecule has 0 spiro atoms. The molecule has 126 valence electrons. The third-order valence-corrected chi connectivity index (χ3v) is 3.61. The van der Waals surface area contributed by atoms with Crippen molar-refractivity contribution in [3.63, 3.8) is 0 Å². The fourth-order valence-electron chi connectivity index (χ4n) is 2.31. The van der Waals surface area contributed by atoms with E-state index in [-0.39, 0.29) is 6.10 Å². The second-order valence-corrected chi connectivity index (χ2v) is 5.78. The number of ether oxygens (including phenoxy) is 1. The first-order valence-corrected chi connectivity index (χ1v) is 8.34. The molecular formula is C21H25NO2. The molecule has 1 aromatic heterocycles. The molecule has 0 fully saturated rings. The van der Waals surface area contributed by atoms with Crippen molar-refractivity contribution in [1.29, 1.82) is 0 Å². The summed E-state index contributed by atoms with van der Waals surface area (Å²) < 4.78 is 5.44. The maximum Gasteiger partial charge on any atom is 0.138 e. The van der Waals surface area contributed by atoms with Crippen LogP contribution in [0.3, 0.4) is 0 Å². The molecule has 0 aliphatic heterocycles. The molecule has 3 heteroatoms. The van der Waals surface area contributed by atoms with Crippen molar-refractivity contribution in [2.45, 2.75) is 32.3 Å². The molecule has 2 rings (SSSR count). The summed E-state index contributed by atoms with van der Waals surface area (Å²) in [6.45, 7) is 5.94. The summed E-state index contributed by atoms with van der Waals surface area (Å²) in [5.74, 6) is 0.746. The van der Waals surface area contributed by atoms with E-state index in [2.05, 4.69) is 48.0 Å². The van der Waals surface area contributed by atoms with Crippen LogP contribution in [-0.2, 0) is 0 Å². The first kappa shape index (κ1) is 18.0. The predicted molar refractivity (Wildman–Crippen MR) is 99.9 cm³/mol. The molecule has 1 N–H and O–H groups in total. The number of hydrogen-bond acceptors (Lipinski definition) is 3. The Morgan fingerprint density at radius 3 is 2.62 bits per heavy atom. The van der Waals surface area contributed by atoms with E-state index in [0.29, 0.717) is 6.61 Å². The van der Waals surface area contributed by atoms with E-state index in [1.54, 1.807) is 12.3 Å². The smallest absolute Gasteiger partial charge is 0.138 e. The molecule has 0 bridgehead atoms. The van der Waals surface area contributed by atoms with Crippen molar-refractivity contribution in [2.24, 2.45) is 0 Å². The van der Waals surface area contributed by atoms with E-state index in [9.17, 15) is 5.11 Å². The van der Waals surface area contributed by atoms with Gasteiger partial charge in [-0.05, 0) is 43.9 Å². The summed E-state index contributed by atoms with van der Waals surface area (Å²) in [7, 11) is 0. The van der Waals surface area contributed by atoms with Crippen molar-refractivity contribution in [3.05, 3.63) is 66.9 Å². The third kappa shape index (κ3) is 6.01. The molecular weight excluding hydrogens is 298 g/mol. The average Bonchev–Trinajstić information content (AvgIpc) is 2.60. The lowest BCUT2D eigenvalue weighted by atomic mass is 10.1. The van der Waals surface area contributed by atoms with E-state index in [1.165, 1.54) is 5.56 Å². The van der Waals surface area contributed by atoms with Gasteiger partial charge in [0, 0.05) is 5.56 Å². The second kappa shape index (κ2) is 9.68. The number of benzene rings is 1. The van der Waals surface area contributed by atoms with Gasteiger partial charge in [-0.1, -0.05) is 49.1 Å². The van der Waals surface area contributed by atoms with Crippen LogP contribution in [-0.4, -0.2) is 22.8 Å². The molecule has 1 heterocycles. The van der Waals surface area contributed by atoms with E-state index in [0.717, 1.165) is 36.3 Å². The molecule has 24 heavy (non-hydrogen) atoms. The van der Waals surface area contributed by atoms with Crippen LogP contribution in [0, 0.1) is 0 Å². The van der Waals surface area contributed by atoms with Crippen molar-refractivity contribution >= 4 is 6.08 Å². The molecule has 0 aliphatic rings. The highest BCUT2D eigenvalue weighted by Crippen LogP contribution is 2.20. The highest BCUT2D eigenvalue weighted by atomic mass is 16.5. The van der Waals surface area contributed by atoms with Gasteiger partial charge in [-0.2, -0.15) is 0 Å². The summed E-state index contributed by atoms with van der Waals surface area (Å²) in [5, 5.41) is 9.22. The van der Waals surface area contributed by atoms with E-state index in [1.807, 2.05) is 19.1 Å². The van der Waals surface area contributed by atoms with Crippen LogP contribution < -0.4 is 4.74 Å². The Hall–Kier alpha value is -2.39. The van der Waals surface area contributed by atoms with Crippen LogP contribution in [0.1, 0.15) is 31.7 Å². The van der Waals surface area contributed by atoms with Crippen molar-refractivity contribution in [2.75, 3.05) is 6.61 Å². The third-order valence-electron chi connectivity index (χ3n) is 3.61. The Balaban J connectivity index is 1.91. The Bertz CT molecular complexity index is 643. The first-order chi connectivity index (χ1) is 11.7. The van der Waals surface area contributed by atoms with Crippen LogP contribution >= 0.6 is 0 Å². The molecule has 1 atom stereocenters. The van der Waals surface area contributed by atoms with E-state index < -0.39 is 0 Å². The summed E-state index contributed by atoms with van der Waals surface area (Å²) in [4.78, 5) is 4.43. The number of unbranched alkanes of at least 4 members (excludes halogenated alkanes) is 1. The summed E-state index contributed by atoms with van der Waals surface area (Å²) in [5.41, 5.74) is 3.17. The summed E-state index contributed by atoms with van der Waals surface area (Å²) in [6, 6.07) is 12.2. The van der Waals surface area contributed by atoms with Crippen molar-refractivity contribution in [1.82, 2.24) is 4.98 Å². The zero-order valence-electron chi connectivity index (χ0n) is 14.2. The largest absolute Gasteiger partial charge is 0.488 e. The van der Waals surface area contributed by atoms with Gasteiger partial charge in [0.15, 0.2) is 0 Å². The van der Waals surface area contributed by atoms with Gasteiger partial charge in [0.25, 0.3) is 0 Å². The van der Waals surface area contributed by atoms with Gasteiger partial charge < -0.3 is 9.84 Å². The Morgan fingerprint density at radius 1 is 1.21 bits per heavy atom. The monoisotopic (exact) mass is 323 g/mol. The standard InChI is InChI=1S/C21H25NO2/c1-3-15-24-20-13-14-21(22-16-20)19-11-9-18(10-12-19)8-6-4-5-7-17(2)23/h3,6,8-14,16-17,23H,1,4-5,7,15H2,2H3. The number of aliphatic hydroxyl groups is 1. The lowest BCUT2D eigenvalue weighted by Gasteiger charge is -2.05. The van der Waals surface area contributed by atoms with Gasteiger partial charge in [0.05, 0.1) is 18.0 Å². The molecule has 0 amide bonds. The van der Waals surface area contributed by atoms with Crippen LogP contribution in [0.2, 0.25) is 0 Å². The molecule has 1 unspecified atom stereocenters. The zero-order valence-corrected chi connectivity index (χ0v) is 14.2. The van der Waals surface area contributed by atoms with Gasteiger partial charge in [0.1, 0.15) is 12.4 Å². The second-order valence-electron chi connectivity index (χ2n) is 5.78. The van der Waals surface area contributed by atoms with Gasteiger partial charge in [-0.25, -0.2) is 0 Å². The van der Waals surface area contributed by atoms with E-state index in [4.69, 9.17) is 4.74 Å². The number of pyridine rings is 1. The maximum atomic E-state index is 9.22. The normalized spacial score (nSPS) is 12.2. The fourth-order valence-corrected chi connectivity index (χ4v) is 2.31. The lowest BCUT2D eigenvalue weighted by Crippen LogP contribution is -1.97. The summed E-state index contributed by atoms with van der Waals surface area (Å²) >= 11 is 0. The number of rotatable bonds is 9. The quantitative estimate of drug-likeness (QED) is 0.528. The minimum Gasteiger partial charge on any atom is -0.488 e. The SMILES string of the molecule is C=CCOc1ccc(-c2ccc(C=CCCCC(C)O)cc2)nc1. The van der Waals surface area contributed by atoms with Crippen molar-refractivity contribution < 1.29 is 9.84 Å². The number of hydrogen-bond donors (Lipinski definition) is 1. The number of aliphatic hydroxyl groups excluding tert-OH is 1. The lowest BCUT2D eigenvalue weighted by molar-refractivity contribution is 0.182. The van der Waals surface area contributed by atoms with Crippen molar-refractivity contribution in [3.8, 4) is 17.0 Å². The molecule has 0 aliphatic carbocycles. The molecule has 0 saturated carbocycles. The van der Waals surface area contributed by atoms with Gasteiger partial charge in [-0.15, -0.1) is 0 Å². The number of nitrogens with zero attached hydrogens (tertiary/aromatic N) is 1. The predicted octanol–water partition coefficient (Wildman–Crippen LogP) is 4.88. The molecule has 1 aromatic carbocycles. The maximum absolute atomic E-state index is 9.22. The Kier molecular flexibility index (Phi) is 7.24. The average molecular weight is 323 g/mol. The summed E-state index contributed by atoms with van der Waals surface area (Å²) in [6.07, 6.45) is 10.4. The topological polar surface area (TPSA) is 42.4 Å². The first-order valence-electron chi connectivity index (χ1n) is 8.34.